The molecular weight excluding hydrogens is 478 g/mol. The number of nitrogens with zero attached hydrogens (tertiary/aromatic N) is 2. The molecular formula is C27H29N3O5S. The van der Waals surface area contributed by atoms with Crippen LogP contribution in [0.2, 0.25) is 0 Å². The maximum absolute atomic E-state index is 13.3. The van der Waals surface area contributed by atoms with Gasteiger partial charge in [-0.2, -0.15) is 0 Å². The highest BCUT2D eigenvalue weighted by Gasteiger charge is 2.23. The largest absolute Gasteiger partial charge is 0.496 e. The Kier molecular flexibility index (Phi) is 7.03. The minimum atomic E-state index is -0.627. The third-order valence-corrected chi connectivity index (χ3v) is 6.14. The minimum absolute atomic E-state index is 0.0889. The predicted octanol–water partition coefficient (Wildman–Crippen LogP) is 5.68. The van der Waals surface area contributed by atoms with E-state index in [2.05, 4.69) is 10.3 Å². The summed E-state index contributed by atoms with van der Waals surface area (Å²) in [7, 11) is 3.19. The van der Waals surface area contributed by atoms with Gasteiger partial charge in [-0.05, 0) is 57.5 Å². The lowest BCUT2D eigenvalue weighted by atomic mass is 10.1. The third-order valence-electron chi connectivity index (χ3n) is 5.38. The van der Waals surface area contributed by atoms with E-state index in [0.717, 1.165) is 16.5 Å². The van der Waals surface area contributed by atoms with Crippen molar-refractivity contribution in [2.45, 2.75) is 39.8 Å². The minimum Gasteiger partial charge on any atom is -0.496 e. The first-order chi connectivity index (χ1) is 17.1. The molecule has 0 saturated carbocycles. The monoisotopic (exact) mass is 507 g/mol. The molecule has 0 spiro atoms. The topological polar surface area (TPSA) is 91.7 Å². The van der Waals surface area contributed by atoms with E-state index in [1.165, 1.54) is 11.3 Å². The molecule has 2 aromatic heterocycles. The smallest absolute Gasteiger partial charge is 0.326 e. The zero-order chi connectivity index (χ0) is 26.0. The highest BCUT2D eigenvalue weighted by Crippen LogP contribution is 2.40. The first-order valence-electron chi connectivity index (χ1n) is 11.4. The van der Waals surface area contributed by atoms with Gasteiger partial charge in [0.2, 0.25) is 0 Å². The number of para-hydroxylation sites is 1. The number of benzene rings is 2. The van der Waals surface area contributed by atoms with Crippen LogP contribution in [0.5, 0.6) is 11.5 Å². The first-order valence-corrected chi connectivity index (χ1v) is 12.3. The Morgan fingerprint density at radius 1 is 1.06 bits per heavy atom. The van der Waals surface area contributed by atoms with E-state index < -0.39 is 11.6 Å². The van der Waals surface area contributed by atoms with E-state index in [9.17, 15) is 9.59 Å². The van der Waals surface area contributed by atoms with Crippen molar-refractivity contribution in [3.05, 3.63) is 59.1 Å². The number of carbonyl (C=O) groups excluding carboxylic acids is 2. The maximum atomic E-state index is 13.3. The molecule has 4 aromatic rings. The Morgan fingerprint density at radius 2 is 1.72 bits per heavy atom. The average molecular weight is 508 g/mol. The highest BCUT2D eigenvalue weighted by atomic mass is 32.1. The number of fused-ring (bicyclic) bond motifs is 1. The lowest BCUT2D eigenvalue weighted by Crippen LogP contribution is -2.28. The van der Waals surface area contributed by atoms with Crippen molar-refractivity contribution < 1.29 is 23.8 Å². The third kappa shape index (κ3) is 5.36. The number of amides is 1. The second-order valence-electron chi connectivity index (χ2n) is 9.30. The maximum Gasteiger partial charge on any atom is 0.326 e. The van der Waals surface area contributed by atoms with Gasteiger partial charge in [0.1, 0.15) is 29.3 Å². The quantitative estimate of drug-likeness (QED) is 0.324. The summed E-state index contributed by atoms with van der Waals surface area (Å²) in [5, 5.41) is 5.96. The van der Waals surface area contributed by atoms with Crippen LogP contribution in [0.1, 0.15) is 36.8 Å². The van der Waals surface area contributed by atoms with Crippen LogP contribution >= 0.6 is 11.3 Å². The van der Waals surface area contributed by atoms with Gasteiger partial charge in [-0.1, -0.05) is 18.2 Å². The lowest BCUT2D eigenvalue weighted by molar-refractivity contribution is -0.155. The van der Waals surface area contributed by atoms with E-state index in [1.54, 1.807) is 24.9 Å². The molecule has 8 nitrogen and oxygen atoms in total. The van der Waals surface area contributed by atoms with Crippen LogP contribution in [0.15, 0.2) is 47.8 Å². The SMILES string of the molecule is COc1cc(C)cc(OC)c1-c1csc(NC(=O)c2cc3ccccc3n2CC(=O)OC(C)(C)C)n1. The molecule has 2 aromatic carbocycles. The van der Waals surface area contributed by atoms with Crippen LogP contribution in [-0.2, 0) is 16.1 Å². The summed E-state index contributed by atoms with van der Waals surface area (Å²) in [4.78, 5) is 30.6. The number of rotatable bonds is 7. The number of hydrogen-bond donors (Lipinski definition) is 1. The number of aromatic nitrogens is 2. The summed E-state index contributed by atoms with van der Waals surface area (Å²) in [6, 6.07) is 13.1. The van der Waals surface area contributed by atoms with Gasteiger partial charge in [-0.15, -0.1) is 11.3 Å². The summed E-state index contributed by atoms with van der Waals surface area (Å²) < 4.78 is 18.3. The lowest BCUT2D eigenvalue weighted by Gasteiger charge is -2.20. The molecule has 36 heavy (non-hydrogen) atoms. The Bertz CT molecular complexity index is 1410. The van der Waals surface area contributed by atoms with Crippen LogP contribution in [0.25, 0.3) is 22.2 Å². The zero-order valence-corrected chi connectivity index (χ0v) is 22.0. The Labute approximate surface area is 213 Å². The fourth-order valence-corrected chi connectivity index (χ4v) is 4.67. The highest BCUT2D eigenvalue weighted by molar-refractivity contribution is 7.14. The summed E-state index contributed by atoms with van der Waals surface area (Å²) in [5.41, 5.74) is 2.80. The number of aryl methyl sites for hydroxylation is 1. The standard InChI is InChI=1S/C27H29N3O5S/c1-16-11-21(33-5)24(22(12-16)34-6)18-15-36-26(28-18)29-25(32)20-13-17-9-7-8-10-19(17)30(20)14-23(31)35-27(2,3)4/h7-13,15H,14H2,1-6H3,(H,28,29,32). The summed E-state index contributed by atoms with van der Waals surface area (Å²) in [6.07, 6.45) is 0. The fraction of sp³-hybridized carbons (Fsp3) is 0.296. The summed E-state index contributed by atoms with van der Waals surface area (Å²) in [6.45, 7) is 7.30. The van der Waals surface area contributed by atoms with Crippen LogP contribution in [0, 0.1) is 6.92 Å². The van der Waals surface area contributed by atoms with Crippen LogP contribution in [0.4, 0.5) is 5.13 Å². The normalized spacial score (nSPS) is 11.4. The van der Waals surface area contributed by atoms with Gasteiger partial charge in [0.25, 0.3) is 5.91 Å². The molecule has 0 fully saturated rings. The van der Waals surface area contributed by atoms with Crippen molar-refractivity contribution >= 4 is 39.2 Å². The summed E-state index contributed by atoms with van der Waals surface area (Å²) >= 11 is 1.29. The van der Waals surface area contributed by atoms with Crippen molar-refractivity contribution in [1.82, 2.24) is 9.55 Å². The number of methoxy groups -OCH3 is 2. The van der Waals surface area contributed by atoms with Gasteiger partial charge < -0.3 is 18.8 Å². The molecule has 0 radical (unpaired) electrons. The van der Waals surface area contributed by atoms with E-state index in [1.807, 2.05) is 69.5 Å². The Morgan fingerprint density at radius 3 is 2.36 bits per heavy atom. The molecule has 0 atom stereocenters. The second kappa shape index (κ2) is 10.0. The van der Waals surface area contributed by atoms with E-state index in [-0.39, 0.29) is 12.5 Å². The summed E-state index contributed by atoms with van der Waals surface area (Å²) in [5.74, 6) is 0.464. The molecule has 0 unspecified atom stereocenters. The Hall–Kier alpha value is -3.85. The molecule has 1 N–H and O–H groups in total. The van der Waals surface area contributed by atoms with E-state index in [0.29, 0.717) is 33.6 Å². The number of hydrogen-bond acceptors (Lipinski definition) is 7. The van der Waals surface area contributed by atoms with Crippen molar-refractivity contribution in [3.63, 3.8) is 0 Å². The van der Waals surface area contributed by atoms with Crippen molar-refractivity contribution in [1.29, 1.82) is 0 Å². The molecule has 0 saturated heterocycles. The number of nitrogens with one attached hydrogen (secondary N) is 1. The van der Waals surface area contributed by atoms with Crippen molar-refractivity contribution in [2.24, 2.45) is 0 Å². The molecule has 0 aliphatic rings. The second-order valence-corrected chi connectivity index (χ2v) is 10.2. The molecule has 0 aliphatic carbocycles. The number of anilines is 1. The van der Waals surface area contributed by atoms with Gasteiger partial charge >= 0.3 is 5.97 Å². The van der Waals surface area contributed by atoms with E-state index >= 15 is 0 Å². The molecule has 1 amide bonds. The van der Waals surface area contributed by atoms with Crippen molar-refractivity contribution in [3.8, 4) is 22.8 Å². The van der Waals surface area contributed by atoms with Gasteiger partial charge in [0.05, 0.1) is 25.5 Å². The molecule has 188 valence electrons. The molecule has 4 rings (SSSR count). The van der Waals surface area contributed by atoms with E-state index in [4.69, 9.17) is 14.2 Å². The fourth-order valence-electron chi connectivity index (χ4n) is 3.97. The average Bonchev–Trinajstić information content (AvgIpc) is 3.42. The van der Waals surface area contributed by atoms with Gasteiger partial charge in [-0.25, -0.2) is 4.98 Å². The molecule has 9 heteroatoms. The van der Waals surface area contributed by atoms with Crippen LogP contribution in [0.3, 0.4) is 0 Å². The first kappa shape index (κ1) is 25.2. The number of carbonyl (C=O) groups is 2. The molecule has 0 aliphatic heterocycles. The zero-order valence-electron chi connectivity index (χ0n) is 21.2. The van der Waals surface area contributed by atoms with Crippen LogP contribution in [-0.4, -0.2) is 41.2 Å². The van der Waals surface area contributed by atoms with Gasteiger partial charge in [0.15, 0.2) is 5.13 Å². The Balaban J connectivity index is 1.64. The molecule has 0 bridgehead atoms. The van der Waals surface area contributed by atoms with Crippen molar-refractivity contribution in [2.75, 3.05) is 19.5 Å². The number of esters is 1. The van der Waals surface area contributed by atoms with Gasteiger partial charge in [-0.3, -0.25) is 14.9 Å². The molecule has 2 heterocycles. The van der Waals surface area contributed by atoms with Crippen LogP contribution < -0.4 is 14.8 Å². The number of ether oxygens (including phenoxy) is 3. The number of thiazole rings is 1. The predicted molar refractivity (Wildman–Crippen MR) is 141 cm³/mol. The van der Waals surface area contributed by atoms with Gasteiger partial charge in [0, 0.05) is 16.3 Å².